The maximum Gasteiger partial charge on any atom is 0.409 e. The van der Waals surface area contributed by atoms with E-state index in [1.54, 1.807) is 23.6 Å². The average molecular weight is 371 g/mol. The van der Waals surface area contributed by atoms with Crippen LogP contribution in [-0.4, -0.2) is 57.2 Å². The molecule has 3 rings (SSSR count). The fraction of sp³-hybridized carbons (Fsp3) is 0.444. The first kappa shape index (κ1) is 18.7. The van der Waals surface area contributed by atoms with E-state index in [0.29, 0.717) is 32.2 Å². The SMILES string of the molecule is CCOC(=O)N1CCC(NC(N)=NCc2ccnc(-n3ccnc3)c2)CC1. The molecule has 3 N–H and O–H groups in total. The molecule has 1 aliphatic rings. The molecule has 0 aliphatic carbocycles. The number of guanidine groups is 1. The molecule has 0 atom stereocenters. The first-order chi connectivity index (χ1) is 13.2. The van der Waals surface area contributed by atoms with E-state index in [0.717, 1.165) is 24.2 Å². The minimum absolute atomic E-state index is 0.207. The Bertz CT molecular complexity index is 768. The lowest BCUT2D eigenvalue weighted by Gasteiger charge is -2.31. The summed E-state index contributed by atoms with van der Waals surface area (Å²) in [5.41, 5.74) is 7.04. The molecule has 0 spiro atoms. The van der Waals surface area contributed by atoms with E-state index < -0.39 is 0 Å². The lowest BCUT2D eigenvalue weighted by Crippen LogP contribution is -2.48. The van der Waals surface area contributed by atoms with Gasteiger partial charge in [0, 0.05) is 37.7 Å². The fourth-order valence-corrected chi connectivity index (χ4v) is 2.95. The summed E-state index contributed by atoms with van der Waals surface area (Å²) in [4.78, 5) is 26.2. The summed E-state index contributed by atoms with van der Waals surface area (Å²) < 4.78 is 6.87. The van der Waals surface area contributed by atoms with Gasteiger partial charge in [-0.1, -0.05) is 0 Å². The van der Waals surface area contributed by atoms with E-state index >= 15 is 0 Å². The van der Waals surface area contributed by atoms with E-state index in [9.17, 15) is 4.79 Å². The number of hydrogen-bond acceptors (Lipinski definition) is 5. The molecular weight excluding hydrogens is 346 g/mol. The topological polar surface area (TPSA) is 111 Å². The highest BCUT2D eigenvalue weighted by molar-refractivity contribution is 5.78. The van der Waals surface area contributed by atoms with Crippen molar-refractivity contribution in [3.63, 3.8) is 0 Å². The van der Waals surface area contributed by atoms with Crippen molar-refractivity contribution in [3.05, 3.63) is 42.6 Å². The largest absolute Gasteiger partial charge is 0.450 e. The maximum absolute atomic E-state index is 11.7. The van der Waals surface area contributed by atoms with E-state index in [1.807, 2.05) is 29.8 Å². The van der Waals surface area contributed by atoms with Crippen LogP contribution in [0, 0.1) is 0 Å². The quantitative estimate of drug-likeness (QED) is 0.605. The molecule has 1 aliphatic heterocycles. The van der Waals surface area contributed by atoms with Gasteiger partial charge in [0.25, 0.3) is 0 Å². The van der Waals surface area contributed by atoms with Crippen molar-refractivity contribution in [2.24, 2.45) is 10.7 Å². The van der Waals surface area contributed by atoms with Gasteiger partial charge in [-0.2, -0.15) is 0 Å². The molecule has 9 heteroatoms. The molecule has 0 bridgehead atoms. The molecule has 27 heavy (non-hydrogen) atoms. The number of aliphatic imine (C=N–C) groups is 1. The number of aromatic nitrogens is 3. The highest BCUT2D eigenvalue weighted by Gasteiger charge is 2.23. The van der Waals surface area contributed by atoms with Gasteiger partial charge in [-0.3, -0.25) is 4.57 Å². The monoisotopic (exact) mass is 371 g/mol. The second-order valence-electron chi connectivity index (χ2n) is 6.30. The number of nitrogens with zero attached hydrogens (tertiary/aromatic N) is 5. The Morgan fingerprint density at radius 1 is 1.41 bits per heavy atom. The second kappa shape index (κ2) is 9.02. The number of hydrogen-bond donors (Lipinski definition) is 2. The van der Waals surface area contributed by atoms with Crippen LogP contribution in [0.4, 0.5) is 4.79 Å². The van der Waals surface area contributed by atoms with Crippen LogP contribution in [0.1, 0.15) is 25.3 Å². The molecular formula is C18H25N7O2. The number of ether oxygens (including phenoxy) is 1. The van der Waals surface area contributed by atoms with Gasteiger partial charge in [-0.25, -0.2) is 19.8 Å². The van der Waals surface area contributed by atoms with Gasteiger partial charge in [0.1, 0.15) is 12.1 Å². The van der Waals surface area contributed by atoms with Gasteiger partial charge in [0.2, 0.25) is 0 Å². The summed E-state index contributed by atoms with van der Waals surface area (Å²) in [6.07, 6.45) is 8.38. The molecule has 144 valence electrons. The van der Waals surface area contributed by atoms with Crippen molar-refractivity contribution in [2.75, 3.05) is 19.7 Å². The average Bonchev–Trinajstić information content (AvgIpc) is 3.22. The first-order valence-electron chi connectivity index (χ1n) is 9.07. The van der Waals surface area contributed by atoms with Crippen molar-refractivity contribution in [1.29, 1.82) is 0 Å². The summed E-state index contributed by atoms with van der Waals surface area (Å²) in [6, 6.07) is 4.07. The summed E-state index contributed by atoms with van der Waals surface area (Å²) in [7, 11) is 0. The van der Waals surface area contributed by atoms with E-state index in [1.165, 1.54) is 0 Å². The lowest BCUT2D eigenvalue weighted by atomic mass is 10.1. The Morgan fingerprint density at radius 3 is 2.93 bits per heavy atom. The van der Waals surface area contributed by atoms with Crippen molar-refractivity contribution in [2.45, 2.75) is 32.4 Å². The van der Waals surface area contributed by atoms with Gasteiger partial charge >= 0.3 is 6.09 Å². The van der Waals surface area contributed by atoms with Gasteiger partial charge in [0.05, 0.1) is 13.2 Å². The number of likely N-dealkylation sites (tertiary alicyclic amines) is 1. The van der Waals surface area contributed by atoms with E-state index in [2.05, 4.69) is 20.3 Å². The zero-order chi connectivity index (χ0) is 19.1. The first-order valence-corrected chi connectivity index (χ1v) is 9.07. The number of piperidine rings is 1. The fourth-order valence-electron chi connectivity index (χ4n) is 2.95. The number of nitrogens with two attached hydrogens (primary N) is 1. The predicted molar refractivity (Wildman–Crippen MR) is 101 cm³/mol. The van der Waals surface area contributed by atoms with Crippen LogP contribution in [0.5, 0.6) is 0 Å². The minimum Gasteiger partial charge on any atom is -0.450 e. The van der Waals surface area contributed by atoms with Gasteiger partial charge < -0.3 is 20.7 Å². The van der Waals surface area contributed by atoms with E-state index in [4.69, 9.17) is 10.5 Å². The van der Waals surface area contributed by atoms with Crippen molar-refractivity contribution < 1.29 is 9.53 Å². The van der Waals surface area contributed by atoms with Crippen LogP contribution in [0.3, 0.4) is 0 Å². The molecule has 2 aromatic heterocycles. The highest BCUT2D eigenvalue weighted by Crippen LogP contribution is 2.12. The van der Waals surface area contributed by atoms with Crippen molar-refractivity contribution in [1.82, 2.24) is 24.8 Å². The molecule has 0 aromatic carbocycles. The third kappa shape index (κ3) is 5.19. The molecule has 0 radical (unpaired) electrons. The Labute approximate surface area is 158 Å². The van der Waals surface area contributed by atoms with Crippen molar-refractivity contribution >= 4 is 12.1 Å². The molecule has 3 heterocycles. The smallest absolute Gasteiger partial charge is 0.409 e. The summed E-state index contributed by atoms with van der Waals surface area (Å²) in [5, 5.41) is 3.24. The zero-order valence-corrected chi connectivity index (χ0v) is 15.4. The number of nitrogens with one attached hydrogen (secondary N) is 1. The van der Waals surface area contributed by atoms with Crippen LogP contribution in [-0.2, 0) is 11.3 Å². The minimum atomic E-state index is -0.246. The molecule has 1 amide bonds. The third-order valence-electron chi connectivity index (χ3n) is 4.38. The number of pyridine rings is 1. The Morgan fingerprint density at radius 2 is 2.22 bits per heavy atom. The highest BCUT2D eigenvalue weighted by atomic mass is 16.6. The van der Waals surface area contributed by atoms with E-state index in [-0.39, 0.29) is 12.1 Å². The summed E-state index contributed by atoms with van der Waals surface area (Å²) >= 11 is 0. The molecule has 9 nitrogen and oxygen atoms in total. The van der Waals surface area contributed by atoms with Crippen molar-refractivity contribution in [3.8, 4) is 5.82 Å². The number of carbonyl (C=O) groups is 1. The van der Waals surface area contributed by atoms with Crippen LogP contribution in [0.15, 0.2) is 42.0 Å². The number of amides is 1. The second-order valence-corrected chi connectivity index (χ2v) is 6.30. The third-order valence-corrected chi connectivity index (χ3v) is 4.38. The molecule has 1 saturated heterocycles. The Kier molecular flexibility index (Phi) is 6.24. The summed E-state index contributed by atoms with van der Waals surface area (Å²) in [5.74, 6) is 1.20. The summed E-state index contributed by atoms with van der Waals surface area (Å²) in [6.45, 7) is 3.98. The Hall–Kier alpha value is -3.10. The molecule has 0 saturated carbocycles. The predicted octanol–water partition coefficient (Wildman–Crippen LogP) is 1.29. The van der Waals surface area contributed by atoms with Gasteiger partial charge in [0.15, 0.2) is 5.96 Å². The number of imidazole rings is 1. The van der Waals surface area contributed by atoms with Gasteiger partial charge in [-0.15, -0.1) is 0 Å². The zero-order valence-electron chi connectivity index (χ0n) is 15.4. The molecule has 1 fully saturated rings. The Balaban J connectivity index is 1.49. The van der Waals surface area contributed by atoms with Crippen LogP contribution < -0.4 is 11.1 Å². The number of carbonyl (C=O) groups excluding carboxylic acids is 1. The van der Waals surface area contributed by atoms with Crippen LogP contribution >= 0.6 is 0 Å². The lowest BCUT2D eigenvalue weighted by molar-refractivity contribution is 0.0963. The number of rotatable bonds is 5. The molecule has 0 unspecified atom stereocenters. The standard InChI is InChI=1S/C18H25N7O2/c1-2-27-18(26)24-8-4-15(5-9-24)23-17(19)22-12-14-3-6-21-16(11-14)25-10-7-20-13-25/h3,6-7,10-11,13,15H,2,4-5,8-9,12H2,1H3,(H3,19,22,23). The maximum atomic E-state index is 11.7. The van der Waals surface area contributed by atoms with Crippen LogP contribution in [0.2, 0.25) is 0 Å². The molecule has 2 aromatic rings. The van der Waals surface area contributed by atoms with Gasteiger partial charge in [-0.05, 0) is 37.5 Å². The van der Waals surface area contributed by atoms with Crippen LogP contribution in [0.25, 0.3) is 5.82 Å². The normalized spacial score (nSPS) is 15.6.